The molecule has 156 valence electrons. The molecule has 1 aromatic carbocycles. The van der Waals surface area contributed by atoms with Crippen LogP contribution in [0, 0.1) is 5.92 Å². The quantitative estimate of drug-likeness (QED) is 0.686. The van der Waals surface area contributed by atoms with Crippen molar-refractivity contribution in [3.63, 3.8) is 0 Å². The lowest BCUT2D eigenvalue weighted by atomic mass is 9.92. The first-order valence-corrected chi connectivity index (χ1v) is 10.1. The molecule has 7 nitrogen and oxygen atoms in total. The maximum Gasteiger partial charge on any atom is 0.228 e. The first-order valence-electron chi connectivity index (χ1n) is 10.1. The lowest BCUT2D eigenvalue weighted by molar-refractivity contribution is -0.135. The van der Waals surface area contributed by atoms with Crippen molar-refractivity contribution in [3.05, 3.63) is 47.8 Å². The van der Waals surface area contributed by atoms with Crippen molar-refractivity contribution >= 4 is 11.8 Å². The Morgan fingerprint density at radius 2 is 2.03 bits per heavy atom. The number of methoxy groups -OCH3 is 1. The number of rotatable bonds is 8. The maximum atomic E-state index is 13.3. The highest BCUT2D eigenvalue weighted by atomic mass is 16.5. The summed E-state index contributed by atoms with van der Waals surface area (Å²) in [6.45, 7) is 3.25. The highest BCUT2D eigenvalue weighted by Gasteiger charge is 2.45. The molecule has 7 heteroatoms. The van der Waals surface area contributed by atoms with Crippen LogP contribution in [0.3, 0.4) is 0 Å². The van der Waals surface area contributed by atoms with E-state index >= 15 is 0 Å². The van der Waals surface area contributed by atoms with Crippen LogP contribution in [-0.2, 0) is 23.2 Å². The number of carbonyl (C=O) groups is 2. The topological polar surface area (TPSA) is 67.7 Å². The molecule has 1 aliphatic heterocycles. The molecule has 0 saturated carbocycles. The largest absolute Gasteiger partial charge is 0.497 e. The molecule has 29 heavy (non-hydrogen) atoms. The number of carbonyl (C=O) groups excluding carboxylic acids is 2. The first kappa shape index (κ1) is 20.9. The van der Waals surface area contributed by atoms with Gasteiger partial charge in [-0.1, -0.05) is 25.5 Å². The number of hydrogen-bond donors (Lipinski definition) is 0. The molecule has 0 N–H and O–H groups in total. The van der Waals surface area contributed by atoms with E-state index < -0.39 is 5.92 Å². The van der Waals surface area contributed by atoms with Gasteiger partial charge in [0.1, 0.15) is 5.75 Å². The Balaban J connectivity index is 1.85. The lowest BCUT2D eigenvalue weighted by Crippen LogP contribution is -2.37. The van der Waals surface area contributed by atoms with E-state index in [1.54, 1.807) is 29.9 Å². The fraction of sp³-hybridized carbons (Fsp3) is 0.500. The molecular weight excluding hydrogens is 368 g/mol. The second-order valence-corrected chi connectivity index (χ2v) is 7.69. The number of likely N-dealkylation sites (tertiary alicyclic amines) is 1. The lowest BCUT2D eigenvalue weighted by Gasteiger charge is -2.30. The number of amides is 2. The van der Waals surface area contributed by atoms with Gasteiger partial charge in [0.2, 0.25) is 11.8 Å². The number of benzene rings is 1. The van der Waals surface area contributed by atoms with Crippen LogP contribution in [0.5, 0.6) is 5.75 Å². The first-order chi connectivity index (χ1) is 13.9. The second-order valence-electron chi connectivity index (χ2n) is 7.69. The van der Waals surface area contributed by atoms with Gasteiger partial charge in [-0.15, -0.1) is 0 Å². The van der Waals surface area contributed by atoms with Crippen molar-refractivity contribution in [1.29, 1.82) is 0 Å². The molecule has 0 aliphatic carbocycles. The maximum absolute atomic E-state index is 13.3. The predicted molar refractivity (Wildman–Crippen MR) is 110 cm³/mol. The van der Waals surface area contributed by atoms with E-state index in [-0.39, 0.29) is 24.3 Å². The van der Waals surface area contributed by atoms with Gasteiger partial charge in [0.15, 0.2) is 0 Å². The average Bonchev–Trinajstić information content (AvgIpc) is 3.28. The minimum Gasteiger partial charge on any atom is -0.497 e. The van der Waals surface area contributed by atoms with Gasteiger partial charge < -0.3 is 14.5 Å². The van der Waals surface area contributed by atoms with Crippen molar-refractivity contribution in [2.24, 2.45) is 13.0 Å². The molecule has 2 heterocycles. The van der Waals surface area contributed by atoms with Gasteiger partial charge in [0.25, 0.3) is 0 Å². The summed E-state index contributed by atoms with van der Waals surface area (Å²) in [4.78, 5) is 29.7. The Morgan fingerprint density at radius 3 is 2.62 bits per heavy atom. The van der Waals surface area contributed by atoms with Crippen LogP contribution in [0.4, 0.5) is 0 Å². The van der Waals surface area contributed by atoms with Gasteiger partial charge in [-0.05, 0) is 24.1 Å². The summed E-state index contributed by atoms with van der Waals surface area (Å²) < 4.78 is 6.98. The smallest absolute Gasteiger partial charge is 0.228 e. The zero-order chi connectivity index (χ0) is 21.0. The molecular formula is C22H30N4O3. The molecule has 0 spiro atoms. The van der Waals surface area contributed by atoms with Crippen LogP contribution in [0.15, 0.2) is 36.7 Å². The van der Waals surface area contributed by atoms with E-state index in [1.165, 1.54) is 0 Å². The number of aromatic nitrogens is 2. The Hall–Kier alpha value is -2.83. The van der Waals surface area contributed by atoms with Gasteiger partial charge in [-0.3, -0.25) is 14.3 Å². The van der Waals surface area contributed by atoms with Crippen molar-refractivity contribution in [2.75, 3.05) is 20.7 Å². The van der Waals surface area contributed by atoms with Crippen LogP contribution < -0.4 is 4.74 Å². The molecule has 2 atom stereocenters. The second kappa shape index (κ2) is 9.11. The highest BCUT2D eigenvalue weighted by Crippen LogP contribution is 2.40. The Labute approximate surface area is 172 Å². The number of nitrogens with zero attached hydrogens (tertiary/aromatic N) is 4. The number of unbranched alkanes of at least 4 members (excludes halogenated alkanes) is 1. The van der Waals surface area contributed by atoms with Crippen molar-refractivity contribution in [2.45, 2.75) is 38.8 Å². The van der Waals surface area contributed by atoms with E-state index in [4.69, 9.17) is 4.74 Å². The molecule has 0 bridgehead atoms. The third-order valence-electron chi connectivity index (χ3n) is 5.51. The summed E-state index contributed by atoms with van der Waals surface area (Å²) in [5.41, 5.74) is 1.94. The number of aryl methyl sites for hydroxylation is 1. The summed E-state index contributed by atoms with van der Waals surface area (Å²) in [5.74, 6) is 0.401. The third-order valence-corrected chi connectivity index (χ3v) is 5.51. The normalized spacial score (nSPS) is 18.9. The monoisotopic (exact) mass is 398 g/mol. The summed E-state index contributed by atoms with van der Waals surface area (Å²) in [7, 11) is 5.27. The van der Waals surface area contributed by atoms with Gasteiger partial charge in [-0.25, -0.2) is 0 Å². The third kappa shape index (κ3) is 4.60. The molecule has 0 radical (unpaired) electrons. The van der Waals surface area contributed by atoms with Crippen LogP contribution >= 0.6 is 0 Å². The van der Waals surface area contributed by atoms with Gasteiger partial charge in [-0.2, -0.15) is 5.10 Å². The van der Waals surface area contributed by atoms with Crippen molar-refractivity contribution in [1.82, 2.24) is 19.6 Å². The number of hydrogen-bond acceptors (Lipinski definition) is 4. The summed E-state index contributed by atoms with van der Waals surface area (Å²) >= 11 is 0. The molecule has 2 amide bonds. The van der Waals surface area contributed by atoms with E-state index in [0.29, 0.717) is 13.1 Å². The Bertz CT molecular complexity index is 846. The van der Waals surface area contributed by atoms with E-state index in [9.17, 15) is 9.59 Å². The molecule has 1 aromatic heterocycles. The van der Waals surface area contributed by atoms with Crippen LogP contribution in [0.25, 0.3) is 0 Å². The molecule has 1 aliphatic rings. The van der Waals surface area contributed by atoms with Gasteiger partial charge in [0.05, 0.1) is 25.3 Å². The molecule has 1 saturated heterocycles. The fourth-order valence-corrected chi connectivity index (χ4v) is 4.01. The van der Waals surface area contributed by atoms with Crippen LogP contribution in [-0.4, -0.2) is 52.1 Å². The molecule has 2 unspecified atom stereocenters. The van der Waals surface area contributed by atoms with Crippen LogP contribution in [0.2, 0.25) is 0 Å². The minimum absolute atomic E-state index is 0.0120. The van der Waals surface area contributed by atoms with Gasteiger partial charge in [0, 0.05) is 45.4 Å². The fourth-order valence-electron chi connectivity index (χ4n) is 4.01. The van der Waals surface area contributed by atoms with E-state index in [1.807, 2.05) is 42.4 Å². The molecule has 3 rings (SSSR count). The molecule has 1 fully saturated rings. The number of ether oxygens (including phenoxy) is 1. The zero-order valence-corrected chi connectivity index (χ0v) is 17.7. The van der Waals surface area contributed by atoms with Crippen molar-refractivity contribution in [3.8, 4) is 5.75 Å². The standard InChI is InChI=1S/C22H30N4O3/c1-5-6-11-26-20(27)12-19(21(26)17-7-9-18(29-4)10-8-17)22(28)24(2)14-16-13-23-25(3)15-16/h7-10,13,15,19,21H,5-6,11-12,14H2,1-4H3. The minimum atomic E-state index is -0.394. The predicted octanol–water partition coefficient (Wildman–Crippen LogP) is 2.78. The van der Waals surface area contributed by atoms with Crippen molar-refractivity contribution < 1.29 is 14.3 Å². The Kier molecular flexibility index (Phi) is 6.56. The molecule has 2 aromatic rings. The summed E-state index contributed by atoms with van der Waals surface area (Å²) in [6, 6.07) is 7.45. The highest BCUT2D eigenvalue weighted by molar-refractivity contribution is 5.90. The summed E-state index contributed by atoms with van der Waals surface area (Å²) in [5, 5.41) is 4.17. The zero-order valence-electron chi connectivity index (χ0n) is 17.7. The van der Waals surface area contributed by atoms with Crippen LogP contribution in [0.1, 0.15) is 43.4 Å². The van der Waals surface area contributed by atoms with Gasteiger partial charge >= 0.3 is 0 Å². The average molecular weight is 399 g/mol. The Morgan fingerprint density at radius 1 is 1.31 bits per heavy atom. The van der Waals surface area contributed by atoms with E-state index in [2.05, 4.69) is 12.0 Å². The SMILES string of the molecule is CCCCN1C(=O)CC(C(=O)N(C)Cc2cnn(C)c2)C1c1ccc(OC)cc1. The summed E-state index contributed by atoms with van der Waals surface area (Å²) in [6.07, 6.45) is 5.83. The van der Waals surface area contributed by atoms with E-state index in [0.717, 1.165) is 29.7 Å².